The van der Waals surface area contributed by atoms with Crippen LogP contribution in [0.25, 0.3) is 16.8 Å². The lowest BCUT2D eigenvalue weighted by molar-refractivity contribution is -0.118. The highest BCUT2D eigenvalue weighted by molar-refractivity contribution is 7.13. The van der Waals surface area contributed by atoms with Gasteiger partial charge in [0.15, 0.2) is 10.8 Å². The van der Waals surface area contributed by atoms with E-state index in [1.807, 2.05) is 0 Å². The Bertz CT molecular complexity index is 1240. The second kappa shape index (κ2) is 9.36. The summed E-state index contributed by atoms with van der Waals surface area (Å²) in [7, 11) is 0. The van der Waals surface area contributed by atoms with Gasteiger partial charge in [0, 0.05) is 5.38 Å². The van der Waals surface area contributed by atoms with E-state index in [1.54, 1.807) is 17.5 Å². The van der Waals surface area contributed by atoms with Gasteiger partial charge in [0.1, 0.15) is 17.2 Å². The van der Waals surface area contributed by atoms with Crippen molar-refractivity contribution in [2.24, 2.45) is 0 Å². The lowest BCUT2D eigenvalue weighted by atomic mass is 10.1. The van der Waals surface area contributed by atoms with Crippen molar-refractivity contribution < 1.29 is 22.8 Å². The lowest BCUT2D eigenvalue weighted by Gasteiger charge is -2.11. The molecular weight excluding hydrogens is 436 g/mol. The maximum absolute atomic E-state index is 14.0. The minimum Gasteiger partial charge on any atom is -0.462 e. The van der Waals surface area contributed by atoms with Crippen LogP contribution in [0, 0.1) is 11.6 Å². The minimum absolute atomic E-state index is 0.100. The molecule has 0 aliphatic rings. The molecule has 2 N–H and O–H groups in total. The monoisotopic (exact) mass is 451 g/mol. The molecule has 0 radical (unpaired) electrons. The summed E-state index contributed by atoms with van der Waals surface area (Å²) in [6.45, 7) is 0. The maximum atomic E-state index is 14.0. The fraction of sp³-hybridized carbons (Fsp3) is 0. The van der Waals surface area contributed by atoms with E-state index in [0.717, 1.165) is 0 Å². The van der Waals surface area contributed by atoms with Crippen LogP contribution in [0.3, 0.4) is 0 Å². The van der Waals surface area contributed by atoms with E-state index in [4.69, 9.17) is 4.42 Å². The number of nitrogens with zero attached hydrogens (tertiary/aromatic N) is 1. The molecule has 9 heteroatoms. The first-order valence-electron chi connectivity index (χ1n) is 9.34. The third kappa shape index (κ3) is 4.79. The van der Waals surface area contributed by atoms with E-state index in [0.29, 0.717) is 16.5 Å². The molecule has 0 saturated heterocycles. The predicted octanol–water partition coefficient (Wildman–Crippen LogP) is 5.34. The molecule has 0 unspecified atom stereocenters. The van der Waals surface area contributed by atoms with Crippen LogP contribution < -0.4 is 10.6 Å². The molecule has 0 aliphatic heterocycles. The minimum atomic E-state index is -0.878. The quantitative estimate of drug-likeness (QED) is 0.235. The molecule has 2 amide bonds. The van der Waals surface area contributed by atoms with E-state index >= 15 is 0 Å². The van der Waals surface area contributed by atoms with Gasteiger partial charge in [-0.3, -0.25) is 9.59 Å². The Morgan fingerprint density at radius 2 is 1.47 bits per heavy atom. The first kappa shape index (κ1) is 21.1. The predicted molar refractivity (Wildman–Crippen MR) is 118 cm³/mol. The van der Waals surface area contributed by atoms with E-state index in [2.05, 4.69) is 15.6 Å². The van der Waals surface area contributed by atoms with Gasteiger partial charge in [0.25, 0.3) is 11.8 Å². The standard InChI is InChI=1S/C23H15F2N3O3S/c24-16-6-1-3-8-18(16)27-21(29)15(22(30)28-19-9-4-2-7-17(19)25)12-14-13-32-23(26-14)20-10-5-11-31-20/h1-13H,(H,27,29)(H,28,30). The number of nitrogens with one attached hydrogen (secondary N) is 2. The molecular formula is C23H15F2N3O3S. The molecule has 2 heterocycles. The number of furan rings is 1. The highest BCUT2D eigenvalue weighted by Gasteiger charge is 2.22. The van der Waals surface area contributed by atoms with Gasteiger partial charge in [-0.2, -0.15) is 0 Å². The molecule has 160 valence electrons. The number of benzene rings is 2. The Kier molecular flexibility index (Phi) is 6.18. The van der Waals surface area contributed by atoms with Crippen molar-refractivity contribution in [3.63, 3.8) is 0 Å². The van der Waals surface area contributed by atoms with Crippen molar-refractivity contribution in [3.8, 4) is 10.8 Å². The van der Waals surface area contributed by atoms with Gasteiger partial charge in [-0.25, -0.2) is 13.8 Å². The number of carbonyl (C=O) groups is 2. The van der Waals surface area contributed by atoms with Crippen LogP contribution in [0.1, 0.15) is 5.69 Å². The van der Waals surface area contributed by atoms with E-state index < -0.39 is 23.4 Å². The van der Waals surface area contributed by atoms with Crippen molar-refractivity contribution in [1.29, 1.82) is 0 Å². The van der Waals surface area contributed by atoms with Gasteiger partial charge < -0.3 is 15.1 Å². The topological polar surface area (TPSA) is 84.2 Å². The summed E-state index contributed by atoms with van der Waals surface area (Å²) in [6.07, 6.45) is 2.75. The largest absolute Gasteiger partial charge is 0.462 e. The highest BCUT2D eigenvalue weighted by Crippen LogP contribution is 2.25. The fourth-order valence-electron chi connectivity index (χ4n) is 2.75. The summed E-state index contributed by atoms with van der Waals surface area (Å²) in [5.74, 6) is -2.55. The average Bonchev–Trinajstić information content (AvgIpc) is 3.47. The smallest absolute Gasteiger partial charge is 0.261 e. The lowest BCUT2D eigenvalue weighted by Crippen LogP contribution is -2.26. The summed E-state index contributed by atoms with van der Waals surface area (Å²) in [5.41, 5.74) is -0.273. The number of carbonyl (C=O) groups excluding carboxylic acids is 2. The number of amides is 2. The SMILES string of the molecule is O=C(Nc1ccccc1F)C(=Cc1csc(-c2ccco2)n1)C(=O)Nc1ccccc1F. The number of anilines is 2. The van der Waals surface area contributed by atoms with Crippen molar-refractivity contribution >= 4 is 40.6 Å². The Labute approximate surface area is 185 Å². The van der Waals surface area contributed by atoms with E-state index in [1.165, 1.54) is 72.2 Å². The molecule has 2 aromatic carbocycles. The van der Waals surface area contributed by atoms with Crippen LogP contribution in [-0.4, -0.2) is 16.8 Å². The molecule has 4 aromatic rings. The van der Waals surface area contributed by atoms with Gasteiger partial charge in [-0.05, 0) is 42.5 Å². The molecule has 0 spiro atoms. The van der Waals surface area contributed by atoms with Gasteiger partial charge in [0.05, 0.1) is 23.3 Å². The molecule has 0 bridgehead atoms. The van der Waals surface area contributed by atoms with Crippen LogP contribution in [0.5, 0.6) is 0 Å². The fourth-order valence-corrected chi connectivity index (χ4v) is 3.50. The Balaban J connectivity index is 1.66. The van der Waals surface area contributed by atoms with Crippen LogP contribution in [-0.2, 0) is 9.59 Å². The summed E-state index contributed by atoms with van der Waals surface area (Å²) in [4.78, 5) is 30.1. The summed E-state index contributed by atoms with van der Waals surface area (Å²) < 4.78 is 33.3. The second-order valence-electron chi connectivity index (χ2n) is 6.48. The van der Waals surface area contributed by atoms with Crippen LogP contribution in [0.15, 0.2) is 82.3 Å². The number of hydrogen-bond acceptors (Lipinski definition) is 5. The number of rotatable bonds is 6. The molecule has 0 atom stereocenters. The van der Waals surface area contributed by atoms with Crippen LogP contribution >= 0.6 is 11.3 Å². The van der Waals surface area contributed by atoms with Gasteiger partial charge >= 0.3 is 0 Å². The number of para-hydroxylation sites is 2. The van der Waals surface area contributed by atoms with Crippen LogP contribution in [0.2, 0.25) is 0 Å². The van der Waals surface area contributed by atoms with Gasteiger partial charge in [-0.1, -0.05) is 24.3 Å². The second-order valence-corrected chi connectivity index (χ2v) is 7.34. The van der Waals surface area contributed by atoms with Crippen molar-refractivity contribution in [3.05, 3.63) is 95.2 Å². The summed E-state index contributed by atoms with van der Waals surface area (Å²) in [5, 5.41) is 6.91. The Hall–Kier alpha value is -4.11. The highest BCUT2D eigenvalue weighted by atomic mass is 32.1. The molecule has 2 aromatic heterocycles. The zero-order valence-electron chi connectivity index (χ0n) is 16.3. The van der Waals surface area contributed by atoms with Gasteiger partial charge in [0.2, 0.25) is 0 Å². The molecule has 6 nitrogen and oxygen atoms in total. The Morgan fingerprint density at radius 3 is 2.00 bits per heavy atom. The molecule has 0 aliphatic carbocycles. The average molecular weight is 451 g/mol. The molecule has 32 heavy (non-hydrogen) atoms. The normalized spacial score (nSPS) is 10.4. The van der Waals surface area contributed by atoms with Crippen molar-refractivity contribution in [2.75, 3.05) is 10.6 Å². The molecule has 0 fully saturated rings. The molecule has 0 saturated carbocycles. The van der Waals surface area contributed by atoms with E-state index in [-0.39, 0.29) is 16.9 Å². The summed E-state index contributed by atoms with van der Waals surface area (Å²) >= 11 is 1.25. The van der Waals surface area contributed by atoms with Crippen molar-refractivity contribution in [1.82, 2.24) is 4.98 Å². The Morgan fingerprint density at radius 1 is 0.875 bits per heavy atom. The third-order valence-electron chi connectivity index (χ3n) is 4.28. The van der Waals surface area contributed by atoms with E-state index in [9.17, 15) is 18.4 Å². The first-order valence-corrected chi connectivity index (χ1v) is 10.2. The maximum Gasteiger partial charge on any atom is 0.261 e. The molecule has 4 rings (SSSR count). The van der Waals surface area contributed by atoms with Gasteiger partial charge in [-0.15, -0.1) is 11.3 Å². The number of thiazole rings is 1. The van der Waals surface area contributed by atoms with Crippen LogP contribution in [0.4, 0.5) is 20.2 Å². The zero-order valence-corrected chi connectivity index (χ0v) is 17.2. The first-order chi connectivity index (χ1) is 15.5. The number of hydrogen-bond donors (Lipinski definition) is 2. The summed E-state index contributed by atoms with van der Waals surface area (Å²) in [6, 6.07) is 14.5. The number of aromatic nitrogens is 1. The number of halogens is 2. The zero-order chi connectivity index (χ0) is 22.5. The van der Waals surface area contributed by atoms with Crippen molar-refractivity contribution in [2.45, 2.75) is 0 Å². The third-order valence-corrected chi connectivity index (χ3v) is 5.15.